The van der Waals surface area contributed by atoms with Crippen molar-refractivity contribution >= 4 is 11.4 Å². The molecule has 1 unspecified atom stereocenters. The topological polar surface area (TPSA) is 24.8 Å². The van der Waals surface area contributed by atoms with Crippen molar-refractivity contribution < 1.29 is 4.74 Å². The molecule has 1 atom stereocenters. The van der Waals surface area contributed by atoms with Crippen molar-refractivity contribution in [2.45, 2.75) is 13.0 Å². The molecule has 0 saturated heterocycles. The van der Waals surface area contributed by atoms with Gasteiger partial charge in [0, 0.05) is 6.20 Å². The summed E-state index contributed by atoms with van der Waals surface area (Å²) in [6, 6.07) is 8.53. The van der Waals surface area contributed by atoms with Crippen LogP contribution in [0, 0.1) is 0 Å². The van der Waals surface area contributed by atoms with Gasteiger partial charge in [-0.2, -0.15) is 0 Å². The Balaban J connectivity index is 1.95. The quantitative estimate of drug-likeness (QED) is 0.794. The zero-order valence-electron chi connectivity index (χ0n) is 10.6. The summed E-state index contributed by atoms with van der Waals surface area (Å²) in [6.45, 7) is 2.92. The number of allylic oxidation sites excluding steroid dienone is 2. The summed E-state index contributed by atoms with van der Waals surface area (Å²) in [5, 5.41) is 0. The molecule has 0 radical (unpaired) electrons. The summed E-state index contributed by atoms with van der Waals surface area (Å²) in [5.74, 6) is 1.97. The minimum absolute atomic E-state index is 0.402. The van der Waals surface area contributed by atoms with Gasteiger partial charge in [0.25, 0.3) is 0 Å². The minimum atomic E-state index is 0.402. The van der Waals surface area contributed by atoms with Crippen LogP contribution < -0.4 is 4.74 Å². The second kappa shape index (κ2) is 4.33. The van der Waals surface area contributed by atoms with Crippen LogP contribution in [0.3, 0.4) is 0 Å². The molecule has 3 rings (SSSR count). The molecule has 2 aliphatic rings. The van der Waals surface area contributed by atoms with Gasteiger partial charge in [0.15, 0.2) is 0 Å². The van der Waals surface area contributed by atoms with E-state index >= 15 is 0 Å². The largest absolute Gasteiger partial charge is 0.497 e. The molecule has 0 aromatic heterocycles. The predicted molar refractivity (Wildman–Crippen MR) is 73.7 cm³/mol. The van der Waals surface area contributed by atoms with Gasteiger partial charge >= 0.3 is 0 Å². The van der Waals surface area contributed by atoms with E-state index in [-0.39, 0.29) is 0 Å². The molecular weight excluding hydrogens is 224 g/mol. The fraction of sp³-hybridized carbons (Fsp3) is 0.267. The molecular formula is C15H16N2O. The third-order valence-electron chi connectivity index (χ3n) is 3.42. The van der Waals surface area contributed by atoms with Crippen LogP contribution in [0.5, 0.6) is 5.75 Å². The van der Waals surface area contributed by atoms with Crippen LogP contribution in [0.25, 0.3) is 5.57 Å². The Morgan fingerprint density at radius 1 is 1.39 bits per heavy atom. The Labute approximate surface area is 107 Å². The molecule has 2 heterocycles. The average Bonchev–Trinajstić information content (AvgIpc) is 2.80. The summed E-state index contributed by atoms with van der Waals surface area (Å²) in [4.78, 5) is 6.70. The minimum Gasteiger partial charge on any atom is -0.497 e. The lowest BCUT2D eigenvalue weighted by Crippen LogP contribution is -2.30. The molecule has 3 heteroatoms. The standard InChI is InChI=1S/C15H16N2O/c1-11-16-9-14-7-6-13(10-17(11)14)12-4-3-5-15(8-12)18-2/h3-8,10,14H,9H2,1-2H3. The SMILES string of the molecule is COc1cccc(C2=CN3C(C)=NCC3C=C2)c1. The zero-order chi connectivity index (χ0) is 12.5. The number of hydrogen-bond acceptors (Lipinski definition) is 3. The molecule has 3 nitrogen and oxygen atoms in total. The molecule has 0 fully saturated rings. The van der Waals surface area contributed by atoms with E-state index in [9.17, 15) is 0 Å². The molecule has 0 N–H and O–H groups in total. The second-order valence-corrected chi connectivity index (χ2v) is 4.54. The summed E-state index contributed by atoms with van der Waals surface area (Å²) in [6.07, 6.45) is 6.56. The fourth-order valence-electron chi connectivity index (χ4n) is 2.36. The normalized spacial score (nSPS) is 21.4. The van der Waals surface area contributed by atoms with E-state index in [0.29, 0.717) is 6.04 Å². The van der Waals surface area contributed by atoms with E-state index in [2.05, 4.69) is 47.3 Å². The van der Waals surface area contributed by atoms with E-state index in [4.69, 9.17) is 4.74 Å². The van der Waals surface area contributed by atoms with E-state index in [1.807, 2.05) is 12.1 Å². The van der Waals surface area contributed by atoms with Crippen LogP contribution in [0.15, 0.2) is 47.6 Å². The Bertz CT molecular complexity index is 557. The maximum absolute atomic E-state index is 5.26. The van der Waals surface area contributed by atoms with Crippen molar-refractivity contribution in [3.63, 3.8) is 0 Å². The Morgan fingerprint density at radius 2 is 2.28 bits per heavy atom. The molecule has 0 amide bonds. The van der Waals surface area contributed by atoms with Gasteiger partial charge in [0.05, 0.1) is 19.7 Å². The van der Waals surface area contributed by atoms with Gasteiger partial charge in [-0.3, -0.25) is 4.99 Å². The van der Waals surface area contributed by atoms with Crippen molar-refractivity contribution in [1.82, 2.24) is 4.90 Å². The lowest BCUT2D eigenvalue weighted by atomic mass is 10.0. The van der Waals surface area contributed by atoms with Crippen LogP contribution in [0.1, 0.15) is 12.5 Å². The number of aliphatic imine (C=N–C) groups is 1. The van der Waals surface area contributed by atoms with E-state index in [0.717, 1.165) is 18.1 Å². The number of ether oxygens (including phenoxy) is 1. The first-order chi connectivity index (χ1) is 8.78. The number of rotatable bonds is 2. The molecule has 18 heavy (non-hydrogen) atoms. The third-order valence-corrected chi connectivity index (χ3v) is 3.42. The molecule has 1 aromatic rings. The number of amidine groups is 1. The summed E-state index contributed by atoms with van der Waals surface area (Å²) >= 11 is 0. The lowest BCUT2D eigenvalue weighted by Gasteiger charge is -2.25. The Kier molecular flexibility index (Phi) is 2.67. The smallest absolute Gasteiger partial charge is 0.119 e. The monoisotopic (exact) mass is 240 g/mol. The highest BCUT2D eigenvalue weighted by atomic mass is 16.5. The first kappa shape index (κ1) is 11.1. The number of hydrogen-bond donors (Lipinski definition) is 0. The van der Waals surface area contributed by atoms with E-state index < -0.39 is 0 Å². The van der Waals surface area contributed by atoms with Gasteiger partial charge in [0.2, 0.25) is 0 Å². The van der Waals surface area contributed by atoms with Gasteiger partial charge < -0.3 is 9.64 Å². The van der Waals surface area contributed by atoms with E-state index in [1.165, 1.54) is 11.1 Å². The van der Waals surface area contributed by atoms with Gasteiger partial charge in [-0.1, -0.05) is 24.3 Å². The molecule has 0 bridgehead atoms. The van der Waals surface area contributed by atoms with Crippen molar-refractivity contribution in [2.75, 3.05) is 13.7 Å². The van der Waals surface area contributed by atoms with Gasteiger partial charge in [-0.15, -0.1) is 0 Å². The highest BCUT2D eigenvalue weighted by Crippen LogP contribution is 2.27. The Hall–Kier alpha value is -2.03. The average molecular weight is 240 g/mol. The summed E-state index contributed by atoms with van der Waals surface area (Å²) < 4.78 is 5.26. The fourth-order valence-corrected chi connectivity index (χ4v) is 2.36. The number of benzene rings is 1. The van der Waals surface area contributed by atoms with Crippen LogP contribution >= 0.6 is 0 Å². The number of nitrogens with zero attached hydrogens (tertiary/aromatic N) is 2. The van der Waals surface area contributed by atoms with Crippen molar-refractivity contribution in [1.29, 1.82) is 0 Å². The summed E-state index contributed by atoms with van der Waals surface area (Å²) in [5.41, 5.74) is 2.37. The van der Waals surface area contributed by atoms with Crippen molar-refractivity contribution in [3.05, 3.63) is 48.2 Å². The highest BCUT2D eigenvalue weighted by molar-refractivity contribution is 5.87. The van der Waals surface area contributed by atoms with Crippen LogP contribution in [-0.4, -0.2) is 30.4 Å². The predicted octanol–water partition coefficient (Wildman–Crippen LogP) is 2.71. The van der Waals surface area contributed by atoms with E-state index in [1.54, 1.807) is 7.11 Å². The maximum Gasteiger partial charge on any atom is 0.119 e. The zero-order valence-corrected chi connectivity index (χ0v) is 10.6. The van der Waals surface area contributed by atoms with Crippen LogP contribution in [0.4, 0.5) is 0 Å². The molecule has 0 spiro atoms. The van der Waals surface area contributed by atoms with Gasteiger partial charge in [-0.05, 0) is 30.2 Å². The van der Waals surface area contributed by atoms with Crippen LogP contribution in [-0.2, 0) is 0 Å². The molecule has 2 aliphatic heterocycles. The first-order valence-corrected chi connectivity index (χ1v) is 6.12. The second-order valence-electron chi connectivity index (χ2n) is 4.54. The van der Waals surface area contributed by atoms with Gasteiger partial charge in [-0.25, -0.2) is 0 Å². The van der Waals surface area contributed by atoms with Crippen molar-refractivity contribution in [2.24, 2.45) is 4.99 Å². The third kappa shape index (κ3) is 1.82. The molecule has 1 aromatic carbocycles. The lowest BCUT2D eigenvalue weighted by molar-refractivity contribution is 0.414. The summed E-state index contributed by atoms with van der Waals surface area (Å²) in [7, 11) is 1.69. The first-order valence-electron chi connectivity index (χ1n) is 6.12. The molecule has 92 valence electrons. The molecule has 0 aliphatic carbocycles. The Morgan fingerprint density at radius 3 is 3.11 bits per heavy atom. The van der Waals surface area contributed by atoms with Crippen LogP contribution in [0.2, 0.25) is 0 Å². The number of fused-ring (bicyclic) bond motifs is 1. The number of methoxy groups -OCH3 is 1. The maximum atomic E-state index is 5.26. The highest BCUT2D eigenvalue weighted by Gasteiger charge is 2.24. The van der Waals surface area contributed by atoms with Gasteiger partial charge in [0.1, 0.15) is 11.6 Å². The van der Waals surface area contributed by atoms with Crippen molar-refractivity contribution in [3.8, 4) is 5.75 Å². The molecule has 0 saturated carbocycles.